The van der Waals surface area contributed by atoms with Gasteiger partial charge in [0.05, 0.1) is 0 Å². The Kier molecular flexibility index (Phi) is 3.24. The van der Waals surface area contributed by atoms with Crippen LogP contribution in [0.1, 0.15) is 25.1 Å². The maximum atomic E-state index is 11.4. The third kappa shape index (κ3) is 2.65. The van der Waals surface area contributed by atoms with Crippen molar-refractivity contribution in [2.75, 3.05) is 5.32 Å². The van der Waals surface area contributed by atoms with Gasteiger partial charge in [-0.1, -0.05) is 13.8 Å². The standard InChI is InChI=1S/C10H15N3O2/c1-5(2)8(14)12-10-11-7(4)6(3)9(15)13-10/h5H,1-4H3,(H2,11,12,13,14,15). The highest BCUT2D eigenvalue weighted by atomic mass is 16.2. The van der Waals surface area contributed by atoms with Crippen molar-refractivity contribution in [3.63, 3.8) is 0 Å². The van der Waals surface area contributed by atoms with Crippen LogP contribution in [0.5, 0.6) is 0 Å². The fourth-order valence-electron chi connectivity index (χ4n) is 0.965. The van der Waals surface area contributed by atoms with E-state index in [-0.39, 0.29) is 23.3 Å². The van der Waals surface area contributed by atoms with Crippen molar-refractivity contribution in [2.24, 2.45) is 5.92 Å². The summed E-state index contributed by atoms with van der Waals surface area (Å²) in [4.78, 5) is 29.3. The van der Waals surface area contributed by atoms with Crippen LogP contribution in [-0.2, 0) is 4.79 Å². The molecule has 0 spiro atoms. The van der Waals surface area contributed by atoms with E-state index in [4.69, 9.17) is 0 Å². The van der Waals surface area contributed by atoms with Gasteiger partial charge in [0.2, 0.25) is 11.9 Å². The van der Waals surface area contributed by atoms with E-state index in [1.54, 1.807) is 27.7 Å². The fourth-order valence-corrected chi connectivity index (χ4v) is 0.965. The maximum Gasteiger partial charge on any atom is 0.255 e. The summed E-state index contributed by atoms with van der Waals surface area (Å²) in [5.74, 6) is -0.0971. The number of anilines is 1. The maximum absolute atomic E-state index is 11.4. The zero-order valence-corrected chi connectivity index (χ0v) is 9.34. The number of aryl methyl sites for hydroxylation is 1. The predicted octanol–water partition coefficient (Wildman–Crippen LogP) is 0.981. The molecule has 0 aliphatic rings. The Morgan fingerprint density at radius 3 is 2.47 bits per heavy atom. The first kappa shape index (κ1) is 11.4. The molecule has 0 aromatic carbocycles. The monoisotopic (exact) mass is 209 g/mol. The number of hydrogen-bond acceptors (Lipinski definition) is 3. The number of aromatic nitrogens is 2. The molecule has 5 heteroatoms. The Morgan fingerprint density at radius 1 is 1.40 bits per heavy atom. The lowest BCUT2D eigenvalue weighted by Crippen LogP contribution is -2.23. The molecule has 1 amide bonds. The van der Waals surface area contributed by atoms with E-state index >= 15 is 0 Å². The summed E-state index contributed by atoms with van der Waals surface area (Å²) in [6, 6.07) is 0. The number of nitrogens with zero attached hydrogens (tertiary/aromatic N) is 1. The van der Waals surface area contributed by atoms with Crippen molar-refractivity contribution in [3.8, 4) is 0 Å². The molecule has 5 nitrogen and oxygen atoms in total. The summed E-state index contributed by atoms with van der Waals surface area (Å²) in [6.45, 7) is 6.97. The molecule has 0 aliphatic heterocycles. The van der Waals surface area contributed by atoms with Crippen molar-refractivity contribution in [1.29, 1.82) is 0 Å². The lowest BCUT2D eigenvalue weighted by atomic mass is 10.2. The Labute approximate surface area is 87.9 Å². The van der Waals surface area contributed by atoms with Crippen LogP contribution < -0.4 is 10.9 Å². The van der Waals surface area contributed by atoms with Crippen LogP contribution >= 0.6 is 0 Å². The number of amides is 1. The Hall–Kier alpha value is -1.65. The third-order valence-corrected chi connectivity index (χ3v) is 2.16. The number of carbonyl (C=O) groups excluding carboxylic acids is 1. The summed E-state index contributed by atoms with van der Waals surface area (Å²) in [7, 11) is 0. The van der Waals surface area contributed by atoms with Gasteiger partial charge in [0.25, 0.3) is 5.56 Å². The average Bonchev–Trinajstić information content (AvgIpc) is 2.13. The molecule has 2 N–H and O–H groups in total. The van der Waals surface area contributed by atoms with Crippen LogP contribution in [0.25, 0.3) is 0 Å². The molecule has 15 heavy (non-hydrogen) atoms. The molecule has 1 heterocycles. The van der Waals surface area contributed by atoms with E-state index < -0.39 is 0 Å². The Morgan fingerprint density at radius 2 is 2.00 bits per heavy atom. The second-order valence-corrected chi connectivity index (χ2v) is 3.77. The summed E-state index contributed by atoms with van der Waals surface area (Å²) in [6.07, 6.45) is 0. The van der Waals surface area contributed by atoms with Gasteiger partial charge in [-0.25, -0.2) is 4.98 Å². The molecule has 1 aromatic rings. The van der Waals surface area contributed by atoms with Crippen LogP contribution in [-0.4, -0.2) is 15.9 Å². The summed E-state index contributed by atoms with van der Waals surface area (Å²) < 4.78 is 0. The molecule has 0 unspecified atom stereocenters. The normalized spacial score (nSPS) is 10.5. The predicted molar refractivity (Wildman–Crippen MR) is 57.8 cm³/mol. The largest absolute Gasteiger partial charge is 0.296 e. The highest BCUT2D eigenvalue weighted by Crippen LogP contribution is 2.03. The molecular formula is C10H15N3O2. The minimum absolute atomic E-state index is 0.142. The van der Waals surface area contributed by atoms with E-state index in [9.17, 15) is 9.59 Å². The van der Waals surface area contributed by atoms with Crippen molar-refractivity contribution < 1.29 is 4.79 Å². The van der Waals surface area contributed by atoms with Gasteiger partial charge < -0.3 is 0 Å². The topological polar surface area (TPSA) is 74.8 Å². The van der Waals surface area contributed by atoms with E-state index in [2.05, 4.69) is 15.3 Å². The first-order chi connectivity index (χ1) is 6.91. The second kappa shape index (κ2) is 4.25. The molecule has 1 aromatic heterocycles. The number of rotatable bonds is 2. The van der Waals surface area contributed by atoms with Crippen LogP contribution in [0, 0.1) is 19.8 Å². The molecule has 82 valence electrons. The van der Waals surface area contributed by atoms with Gasteiger partial charge in [-0.05, 0) is 13.8 Å². The fraction of sp³-hybridized carbons (Fsp3) is 0.500. The number of hydrogen-bond donors (Lipinski definition) is 2. The quantitative estimate of drug-likeness (QED) is 0.762. The third-order valence-electron chi connectivity index (χ3n) is 2.16. The number of carbonyl (C=O) groups is 1. The molecule has 0 saturated carbocycles. The number of nitrogens with one attached hydrogen (secondary N) is 2. The Bertz CT molecular complexity index is 435. The van der Waals surface area contributed by atoms with E-state index in [0.29, 0.717) is 11.3 Å². The highest BCUT2D eigenvalue weighted by molar-refractivity contribution is 5.90. The zero-order valence-electron chi connectivity index (χ0n) is 9.34. The van der Waals surface area contributed by atoms with Crippen molar-refractivity contribution in [2.45, 2.75) is 27.7 Å². The minimum atomic E-state index is -0.221. The van der Waals surface area contributed by atoms with E-state index in [1.165, 1.54) is 0 Å². The molecule has 0 fully saturated rings. The van der Waals surface area contributed by atoms with E-state index in [1.807, 2.05) is 0 Å². The first-order valence-corrected chi connectivity index (χ1v) is 4.80. The van der Waals surface area contributed by atoms with Gasteiger partial charge in [0, 0.05) is 17.2 Å². The molecule has 0 atom stereocenters. The molecule has 0 saturated heterocycles. The second-order valence-electron chi connectivity index (χ2n) is 3.77. The van der Waals surface area contributed by atoms with Gasteiger partial charge in [-0.3, -0.25) is 19.9 Å². The van der Waals surface area contributed by atoms with Crippen LogP contribution in [0.4, 0.5) is 5.95 Å². The van der Waals surface area contributed by atoms with Gasteiger partial charge in [0.1, 0.15) is 0 Å². The van der Waals surface area contributed by atoms with Crippen molar-refractivity contribution in [1.82, 2.24) is 9.97 Å². The van der Waals surface area contributed by atoms with Crippen molar-refractivity contribution in [3.05, 3.63) is 21.6 Å². The molecule has 0 aliphatic carbocycles. The summed E-state index contributed by atoms with van der Waals surface area (Å²) in [5, 5.41) is 2.54. The molecule has 1 rings (SSSR count). The Balaban J connectivity index is 2.98. The minimum Gasteiger partial charge on any atom is -0.296 e. The van der Waals surface area contributed by atoms with E-state index in [0.717, 1.165) is 0 Å². The van der Waals surface area contributed by atoms with Crippen LogP contribution in [0.2, 0.25) is 0 Å². The SMILES string of the molecule is Cc1nc(NC(=O)C(C)C)[nH]c(=O)c1C. The van der Waals surface area contributed by atoms with Gasteiger partial charge in [-0.15, -0.1) is 0 Å². The highest BCUT2D eigenvalue weighted by Gasteiger charge is 2.09. The molecular weight excluding hydrogens is 194 g/mol. The van der Waals surface area contributed by atoms with Gasteiger partial charge in [0.15, 0.2) is 0 Å². The molecule has 0 radical (unpaired) electrons. The van der Waals surface area contributed by atoms with Crippen LogP contribution in [0.15, 0.2) is 4.79 Å². The first-order valence-electron chi connectivity index (χ1n) is 4.80. The summed E-state index contributed by atoms with van der Waals surface area (Å²) >= 11 is 0. The lowest BCUT2D eigenvalue weighted by molar-refractivity contribution is -0.118. The smallest absolute Gasteiger partial charge is 0.255 e. The average molecular weight is 209 g/mol. The summed E-state index contributed by atoms with van der Waals surface area (Å²) in [5.41, 5.74) is 0.969. The van der Waals surface area contributed by atoms with Gasteiger partial charge in [-0.2, -0.15) is 0 Å². The van der Waals surface area contributed by atoms with Gasteiger partial charge >= 0.3 is 0 Å². The number of H-pyrrole nitrogens is 1. The lowest BCUT2D eigenvalue weighted by Gasteiger charge is -2.07. The molecule has 0 bridgehead atoms. The van der Waals surface area contributed by atoms with Crippen LogP contribution in [0.3, 0.4) is 0 Å². The number of aromatic amines is 1. The zero-order chi connectivity index (χ0) is 11.6. The van der Waals surface area contributed by atoms with Crippen molar-refractivity contribution >= 4 is 11.9 Å².